The van der Waals surface area contributed by atoms with Crippen molar-refractivity contribution in [2.24, 2.45) is 0 Å². The zero-order chi connectivity index (χ0) is 34.9. The summed E-state index contributed by atoms with van der Waals surface area (Å²) in [6, 6.07) is -1.97. The van der Waals surface area contributed by atoms with E-state index in [9.17, 15) is 19.2 Å². The zero-order valence-electron chi connectivity index (χ0n) is 31.5. The van der Waals surface area contributed by atoms with E-state index in [4.69, 9.17) is 0 Å². The third kappa shape index (κ3) is 24.9. The molecule has 0 radical (unpaired) electrons. The minimum Gasteiger partial charge on any atom is -0.299 e. The highest BCUT2D eigenvalue weighted by Crippen LogP contribution is 2.19. The van der Waals surface area contributed by atoms with Gasteiger partial charge < -0.3 is 0 Å². The monoisotopic (exact) mass is 659 g/mol. The Morgan fingerprint density at radius 1 is 0.426 bits per heavy atom. The predicted octanol–water partition coefficient (Wildman–Crippen LogP) is 11.4. The Morgan fingerprint density at radius 3 is 0.957 bits per heavy atom. The Balaban J connectivity index is 4.14. The van der Waals surface area contributed by atoms with Gasteiger partial charge in [-0.2, -0.15) is 0 Å². The van der Waals surface area contributed by atoms with E-state index in [1.165, 1.54) is 103 Å². The first-order valence-electron chi connectivity index (χ1n) is 20.0. The summed E-state index contributed by atoms with van der Waals surface area (Å²) >= 11 is 0. The number of hydrogen-bond donors (Lipinski definition) is 0. The molecule has 47 heavy (non-hydrogen) atoms. The smallest absolute Gasteiger partial charge is 0.204 e. The summed E-state index contributed by atoms with van der Waals surface area (Å²) in [5.74, 6) is -0.327. The van der Waals surface area contributed by atoms with Gasteiger partial charge in [0.25, 0.3) is 0 Å². The molecule has 0 aromatic rings. The molecule has 0 aliphatic carbocycles. The molecule has 0 saturated carbocycles. The third-order valence-corrected chi connectivity index (χ3v) is 9.72. The maximum absolute atomic E-state index is 13.0. The van der Waals surface area contributed by atoms with Crippen LogP contribution in [-0.2, 0) is 19.2 Å². The number of carbonyl (C=O) groups excluding carboxylic acids is 4. The van der Waals surface area contributed by atoms with E-state index in [0.29, 0.717) is 25.4 Å². The third-order valence-electron chi connectivity index (χ3n) is 9.72. The first-order valence-corrected chi connectivity index (χ1v) is 20.0. The molecule has 0 aromatic heterocycles. The van der Waals surface area contributed by atoms with Crippen LogP contribution in [0, 0.1) is 0 Å². The molecule has 0 bridgehead atoms. The molecule has 2 atom stereocenters. The number of hydrogen-bond acceptors (Lipinski definition) is 4. The van der Waals surface area contributed by atoms with Crippen LogP contribution in [0.5, 0.6) is 0 Å². The number of likely N-dealkylation sites (N-methyl/N-ethyl adjacent to an activating group) is 1. The van der Waals surface area contributed by atoms with Crippen LogP contribution in [0.3, 0.4) is 0 Å². The summed E-state index contributed by atoms with van der Waals surface area (Å²) in [7, 11) is 3.35. The van der Waals surface area contributed by atoms with Gasteiger partial charge in [0.05, 0.1) is 14.1 Å². The van der Waals surface area contributed by atoms with Gasteiger partial charge in [-0.05, 0) is 64.2 Å². The molecule has 5 heteroatoms. The average Bonchev–Trinajstić information content (AvgIpc) is 3.05. The predicted molar refractivity (Wildman–Crippen MR) is 201 cm³/mol. The number of carbonyl (C=O) groups is 4. The molecule has 2 unspecified atom stereocenters. The van der Waals surface area contributed by atoms with Crippen molar-refractivity contribution in [2.45, 2.75) is 206 Å². The van der Waals surface area contributed by atoms with Crippen molar-refractivity contribution in [3.05, 3.63) is 24.3 Å². The minimum absolute atomic E-state index is 0.164. The second-order valence-electron chi connectivity index (χ2n) is 14.4. The van der Waals surface area contributed by atoms with Crippen molar-refractivity contribution in [1.29, 1.82) is 0 Å². The van der Waals surface area contributed by atoms with Gasteiger partial charge in [-0.15, -0.1) is 0 Å². The van der Waals surface area contributed by atoms with E-state index >= 15 is 0 Å². The Labute approximate surface area is 291 Å². The molecule has 272 valence electrons. The highest BCUT2D eigenvalue weighted by atomic mass is 16.2. The van der Waals surface area contributed by atoms with Crippen LogP contribution >= 0.6 is 0 Å². The lowest BCUT2D eigenvalue weighted by Gasteiger charge is -2.37. The average molecular weight is 659 g/mol. The van der Waals surface area contributed by atoms with Gasteiger partial charge in [0.2, 0.25) is 12.1 Å². The second kappa shape index (κ2) is 32.7. The van der Waals surface area contributed by atoms with Crippen molar-refractivity contribution in [3.8, 4) is 0 Å². The molecule has 0 aromatic carbocycles. The van der Waals surface area contributed by atoms with Gasteiger partial charge in [-0.1, -0.05) is 141 Å². The first kappa shape index (κ1) is 45.1. The van der Waals surface area contributed by atoms with Crippen LogP contribution < -0.4 is 0 Å². The Bertz CT molecular complexity index is 764. The number of nitrogens with zero attached hydrogens (tertiary/aromatic N) is 1. The highest BCUT2D eigenvalue weighted by molar-refractivity contribution is 5.99. The lowest BCUT2D eigenvalue weighted by atomic mass is 9.97. The van der Waals surface area contributed by atoms with Crippen LogP contribution in [0.4, 0.5) is 0 Å². The largest absolute Gasteiger partial charge is 0.299 e. The van der Waals surface area contributed by atoms with E-state index in [1.54, 1.807) is 14.1 Å². The van der Waals surface area contributed by atoms with Gasteiger partial charge in [0.1, 0.15) is 0 Å². The van der Waals surface area contributed by atoms with Gasteiger partial charge in [0.15, 0.2) is 24.1 Å². The summed E-state index contributed by atoms with van der Waals surface area (Å²) in [5, 5.41) is 0. The number of unbranched alkanes of at least 4 members (excludes halogenated alkanes) is 22. The molecular weight excluding hydrogens is 582 g/mol. The molecular formula is C42H76NO4+. The number of rotatable bonds is 36. The van der Waals surface area contributed by atoms with Crippen molar-refractivity contribution >= 4 is 24.1 Å². The number of aldehydes is 2. The molecule has 0 aliphatic heterocycles. The van der Waals surface area contributed by atoms with Crippen molar-refractivity contribution in [3.63, 3.8) is 0 Å². The van der Waals surface area contributed by atoms with Crippen LogP contribution in [-0.4, -0.2) is 54.8 Å². The standard InChI is InChI=1S/C42H76NO4/c1-5-7-9-11-13-15-17-19-21-23-25-27-29-31-33-35-41(46)39(37-44)43(3,4)40(38-45)42(47)36-34-32-30-28-26-24-22-20-18-16-14-12-10-8-6-2/h19-22,37-40H,5-18,23-36H2,1-4H3/q+1. The molecule has 0 rings (SSSR count). The summed E-state index contributed by atoms with van der Waals surface area (Å²) in [4.78, 5) is 50.1. The SMILES string of the molecule is CCCCCCCCC=CCCCCCCCC(=O)C(C=O)[N+](C)(C)C(C=O)C(=O)CCCCCCCC=CCCCCCCCC. The van der Waals surface area contributed by atoms with Crippen LogP contribution in [0.2, 0.25) is 0 Å². The Morgan fingerprint density at radius 2 is 0.681 bits per heavy atom. The molecule has 0 fully saturated rings. The molecule has 5 nitrogen and oxygen atoms in total. The van der Waals surface area contributed by atoms with Gasteiger partial charge in [-0.25, -0.2) is 0 Å². The quantitative estimate of drug-likeness (QED) is 0.0221. The fraction of sp³-hybridized carbons (Fsp3) is 0.810. The summed E-state index contributed by atoms with van der Waals surface area (Å²) < 4.78 is -0.208. The second-order valence-corrected chi connectivity index (χ2v) is 14.4. The number of ketones is 2. The molecule has 0 N–H and O–H groups in total. The van der Waals surface area contributed by atoms with E-state index in [0.717, 1.165) is 64.2 Å². The molecule has 0 aliphatic rings. The normalized spacial score (nSPS) is 13.4. The van der Waals surface area contributed by atoms with E-state index in [2.05, 4.69) is 38.2 Å². The maximum atomic E-state index is 13.0. The first-order chi connectivity index (χ1) is 22.9. The summed E-state index contributed by atoms with van der Waals surface area (Å²) in [5.41, 5.74) is 0. The van der Waals surface area contributed by atoms with Crippen molar-refractivity contribution < 1.29 is 23.7 Å². The number of quaternary nitrogens is 1. The zero-order valence-corrected chi connectivity index (χ0v) is 31.5. The summed E-state index contributed by atoms with van der Waals surface area (Å²) in [6.45, 7) is 4.51. The van der Waals surface area contributed by atoms with Gasteiger partial charge in [0, 0.05) is 12.8 Å². The Hall–Kier alpha value is -1.88. The van der Waals surface area contributed by atoms with Crippen LogP contribution in [0.15, 0.2) is 24.3 Å². The molecule has 0 amide bonds. The lowest BCUT2D eigenvalue weighted by Crippen LogP contribution is -2.62. The summed E-state index contributed by atoms with van der Waals surface area (Å²) in [6.07, 6.45) is 42.1. The van der Waals surface area contributed by atoms with Crippen LogP contribution in [0.25, 0.3) is 0 Å². The van der Waals surface area contributed by atoms with Gasteiger partial charge >= 0.3 is 0 Å². The van der Waals surface area contributed by atoms with Gasteiger partial charge in [-0.3, -0.25) is 23.7 Å². The lowest BCUT2D eigenvalue weighted by molar-refractivity contribution is -0.902. The number of Topliss-reactive ketones (excluding diaryl/α,β-unsaturated/α-hetero) is 2. The fourth-order valence-corrected chi connectivity index (χ4v) is 6.42. The highest BCUT2D eigenvalue weighted by Gasteiger charge is 2.43. The number of allylic oxidation sites excluding steroid dienone is 4. The van der Waals surface area contributed by atoms with E-state index in [-0.39, 0.29) is 16.0 Å². The van der Waals surface area contributed by atoms with E-state index < -0.39 is 12.1 Å². The van der Waals surface area contributed by atoms with Crippen LogP contribution in [0.1, 0.15) is 194 Å². The maximum Gasteiger partial charge on any atom is 0.204 e. The topological polar surface area (TPSA) is 68.3 Å². The minimum atomic E-state index is -0.986. The van der Waals surface area contributed by atoms with E-state index in [1.807, 2.05) is 0 Å². The van der Waals surface area contributed by atoms with Crippen molar-refractivity contribution in [2.75, 3.05) is 14.1 Å². The molecule has 0 saturated heterocycles. The molecule has 0 heterocycles. The fourth-order valence-electron chi connectivity index (χ4n) is 6.42. The van der Waals surface area contributed by atoms with Crippen molar-refractivity contribution in [1.82, 2.24) is 0 Å². The molecule has 0 spiro atoms. The Kier molecular flexibility index (Phi) is 31.4.